The van der Waals surface area contributed by atoms with Crippen LogP contribution in [0.2, 0.25) is 0 Å². The van der Waals surface area contributed by atoms with Gasteiger partial charge in [-0.1, -0.05) is 6.92 Å². The predicted molar refractivity (Wildman–Crippen MR) is 92.4 cm³/mol. The number of sulfone groups is 1. The van der Waals surface area contributed by atoms with E-state index in [1.807, 2.05) is 0 Å². The number of benzene rings is 1. The van der Waals surface area contributed by atoms with Gasteiger partial charge in [0.2, 0.25) is 0 Å². The van der Waals surface area contributed by atoms with E-state index in [4.69, 9.17) is 4.74 Å². The highest BCUT2D eigenvalue weighted by Gasteiger charge is 2.17. The van der Waals surface area contributed by atoms with E-state index in [9.17, 15) is 18.0 Å². The number of nitrogens with one attached hydrogen (secondary N) is 1. The van der Waals surface area contributed by atoms with Crippen LogP contribution in [0, 0.1) is 0 Å². The maximum absolute atomic E-state index is 12.3. The summed E-state index contributed by atoms with van der Waals surface area (Å²) in [4.78, 5) is 24.2. The van der Waals surface area contributed by atoms with Crippen molar-refractivity contribution in [3.63, 3.8) is 0 Å². The molecule has 0 spiro atoms. The summed E-state index contributed by atoms with van der Waals surface area (Å²) in [6.07, 6.45) is 0. The van der Waals surface area contributed by atoms with Crippen molar-refractivity contribution in [2.75, 3.05) is 17.7 Å². The Morgan fingerprint density at radius 2 is 1.79 bits per heavy atom. The highest BCUT2D eigenvalue weighted by atomic mass is 32.2. The number of carbonyl (C=O) groups excluding carboxylic acids is 2. The molecule has 1 amide bonds. The van der Waals surface area contributed by atoms with Gasteiger partial charge >= 0.3 is 5.97 Å². The van der Waals surface area contributed by atoms with Crippen molar-refractivity contribution in [1.29, 1.82) is 0 Å². The zero-order valence-corrected chi connectivity index (χ0v) is 14.9. The van der Waals surface area contributed by atoms with Crippen molar-refractivity contribution in [3.8, 4) is 0 Å². The lowest BCUT2D eigenvalue weighted by atomic mass is 10.2. The highest BCUT2D eigenvalue weighted by molar-refractivity contribution is 7.91. The van der Waals surface area contributed by atoms with E-state index in [-0.39, 0.29) is 17.3 Å². The van der Waals surface area contributed by atoms with Crippen LogP contribution in [0.15, 0.2) is 40.6 Å². The Morgan fingerprint density at radius 3 is 2.38 bits per heavy atom. The zero-order valence-electron chi connectivity index (χ0n) is 13.2. The average molecular weight is 367 g/mol. The predicted octanol–water partition coefficient (Wildman–Crippen LogP) is 2.97. The topological polar surface area (TPSA) is 89.5 Å². The summed E-state index contributed by atoms with van der Waals surface area (Å²) in [6.45, 7) is 3.51. The molecule has 0 aliphatic rings. The molecule has 1 aromatic heterocycles. The van der Waals surface area contributed by atoms with Gasteiger partial charge in [-0.2, -0.15) is 0 Å². The summed E-state index contributed by atoms with van der Waals surface area (Å²) in [5, 5.41) is 4.72. The molecular weight excluding hydrogens is 350 g/mol. The number of esters is 1. The second kappa shape index (κ2) is 7.59. The number of rotatable bonds is 6. The molecule has 8 heteroatoms. The maximum atomic E-state index is 12.3. The first-order valence-electron chi connectivity index (χ1n) is 7.27. The van der Waals surface area contributed by atoms with E-state index in [1.165, 1.54) is 35.6 Å². The molecule has 1 N–H and O–H groups in total. The van der Waals surface area contributed by atoms with Crippen LogP contribution in [-0.4, -0.2) is 32.7 Å². The van der Waals surface area contributed by atoms with Gasteiger partial charge in [-0.05, 0) is 42.6 Å². The van der Waals surface area contributed by atoms with Gasteiger partial charge in [0.15, 0.2) is 9.84 Å². The van der Waals surface area contributed by atoms with Crippen molar-refractivity contribution >= 4 is 38.1 Å². The Bertz CT molecular complexity index is 838. The van der Waals surface area contributed by atoms with E-state index in [1.54, 1.807) is 25.3 Å². The SMILES string of the molecule is CCOC(=O)c1ccsc1NC(=O)c1ccc(S(=O)(=O)CC)cc1. The summed E-state index contributed by atoms with van der Waals surface area (Å²) in [5.41, 5.74) is 0.591. The number of hydrogen-bond acceptors (Lipinski definition) is 6. The minimum absolute atomic E-state index is 0.00333. The Hall–Kier alpha value is -2.19. The average Bonchev–Trinajstić information content (AvgIpc) is 3.03. The van der Waals surface area contributed by atoms with Crippen LogP contribution in [0.5, 0.6) is 0 Å². The highest BCUT2D eigenvalue weighted by Crippen LogP contribution is 2.25. The molecule has 0 unspecified atom stereocenters. The Morgan fingerprint density at radius 1 is 1.12 bits per heavy atom. The van der Waals surface area contributed by atoms with Crippen molar-refractivity contribution in [2.24, 2.45) is 0 Å². The number of anilines is 1. The molecule has 128 valence electrons. The van der Waals surface area contributed by atoms with E-state index >= 15 is 0 Å². The second-order valence-corrected chi connectivity index (χ2v) is 7.96. The Labute approximate surface area is 144 Å². The molecular formula is C16H17NO5S2. The fraction of sp³-hybridized carbons (Fsp3) is 0.250. The zero-order chi connectivity index (χ0) is 17.7. The van der Waals surface area contributed by atoms with Crippen LogP contribution in [0.25, 0.3) is 0 Å². The number of amides is 1. The standard InChI is InChI=1S/C16H17NO5S2/c1-3-22-16(19)13-9-10-23-15(13)17-14(18)11-5-7-12(8-6-11)24(20,21)4-2/h5-10H,3-4H2,1-2H3,(H,17,18). The van der Waals surface area contributed by atoms with Gasteiger partial charge in [-0.25, -0.2) is 13.2 Å². The molecule has 24 heavy (non-hydrogen) atoms. The molecule has 0 saturated heterocycles. The largest absolute Gasteiger partial charge is 0.462 e. The maximum Gasteiger partial charge on any atom is 0.341 e. The summed E-state index contributed by atoms with van der Waals surface area (Å²) in [7, 11) is -3.31. The Kier molecular flexibility index (Phi) is 5.74. The lowest BCUT2D eigenvalue weighted by Gasteiger charge is -2.07. The first kappa shape index (κ1) is 18.2. The van der Waals surface area contributed by atoms with Gasteiger partial charge in [0.1, 0.15) is 5.00 Å². The monoisotopic (exact) mass is 367 g/mol. The lowest BCUT2D eigenvalue weighted by molar-refractivity contribution is 0.0528. The third-order valence-electron chi connectivity index (χ3n) is 3.24. The first-order valence-corrected chi connectivity index (χ1v) is 9.81. The van der Waals surface area contributed by atoms with Crippen molar-refractivity contribution in [2.45, 2.75) is 18.7 Å². The molecule has 1 aromatic carbocycles. The fourth-order valence-corrected chi connectivity index (χ4v) is 3.59. The van der Waals surface area contributed by atoms with E-state index in [0.717, 1.165) is 0 Å². The number of carbonyl (C=O) groups is 2. The molecule has 2 aromatic rings. The summed E-state index contributed by atoms with van der Waals surface area (Å²) < 4.78 is 28.5. The van der Waals surface area contributed by atoms with Gasteiger partial charge in [-0.3, -0.25) is 4.79 Å². The Balaban J connectivity index is 2.17. The molecule has 0 saturated carbocycles. The van der Waals surface area contributed by atoms with Crippen LogP contribution in [0.3, 0.4) is 0 Å². The summed E-state index contributed by atoms with van der Waals surface area (Å²) in [5.74, 6) is -0.932. The summed E-state index contributed by atoms with van der Waals surface area (Å²) in [6, 6.07) is 7.25. The third kappa shape index (κ3) is 4.01. The smallest absolute Gasteiger partial charge is 0.341 e. The number of thiophene rings is 1. The van der Waals surface area contributed by atoms with E-state index in [2.05, 4.69) is 5.32 Å². The van der Waals surface area contributed by atoms with Crippen LogP contribution in [0.1, 0.15) is 34.6 Å². The molecule has 0 atom stereocenters. The molecule has 2 rings (SSSR count). The third-order valence-corrected chi connectivity index (χ3v) is 5.82. The summed E-state index contributed by atoms with van der Waals surface area (Å²) >= 11 is 1.21. The lowest BCUT2D eigenvalue weighted by Crippen LogP contribution is -2.14. The minimum Gasteiger partial charge on any atom is -0.462 e. The first-order chi connectivity index (χ1) is 11.4. The van der Waals surface area contributed by atoms with Crippen LogP contribution >= 0.6 is 11.3 Å². The van der Waals surface area contributed by atoms with Gasteiger partial charge < -0.3 is 10.1 Å². The molecule has 1 heterocycles. The molecule has 0 radical (unpaired) electrons. The molecule has 6 nitrogen and oxygen atoms in total. The normalized spacial score (nSPS) is 11.1. The van der Waals surface area contributed by atoms with Gasteiger partial charge in [0, 0.05) is 5.56 Å². The minimum atomic E-state index is -3.31. The molecule has 0 aliphatic heterocycles. The van der Waals surface area contributed by atoms with Gasteiger partial charge in [0.05, 0.1) is 22.8 Å². The molecule has 0 aliphatic carbocycles. The van der Waals surface area contributed by atoms with Crippen LogP contribution in [0.4, 0.5) is 5.00 Å². The van der Waals surface area contributed by atoms with Crippen molar-refractivity contribution in [1.82, 2.24) is 0 Å². The van der Waals surface area contributed by atoms with Crippen LogP contribution < -0.4 is 5.32 Å². The second-order valence-electron chi connectivity index (χ2n) is 4.77. The molecule has 0 fully saturated rings. The molecule has 0 bridgehead atoms. The fourth-order valence-electron chi connectivity index (χ4n) is 1.93. The number of hydrogen-bond donors (Lipinski definition) is 1. The van der Waals surface area contributed by atoms with Crippen molar-refractivity contribution in [3.05, 3.63) is 46.8 Å². The van der Waals surface area contributed by atoms with E-state index < -0.39 is 21.7 Å². The quantitative estimate of drug-likeness (QED) is 0.793. The number of ether oxygens (including phenoxy) is 1. The van der Waals surface area contributed by atoms with E-state index in [0.29, 0.717) is 16.1 Å². The van der Waals surface area contributed by atoms with Crippen LogP contribution in [-0.2, 0) is 14.6 Å². The van der Waals surface area contributed by atoms with Gasteiger partial charge in [-0.15, -0.1) is 11.3 Å². The van der Waals surface area contributed by atoms with Crippen molar-refractivity contribution < 1.29 is 22.7 Å². The van der Waals surface area contributed by atoms with Gasteiger partial charge in [0.25, 0.3) is 5.91 Å².